The topological polar surface area (TPSA) is 79.2 Å². The fourth-order valence-corrected chi connectivity index (χ4v) is 3.50. The summed E-state index contributed by atoms with van der Waals surface area (Å²) >= 11 is 0.933. The summed E-state index contributed by atoms with van der Waals surface area (Å²) in [5.74, 6) is 0.0482. The highest BCUT2D eigenvalue weighted by molar-refractivity contribution is 8.18. The lowest BCUT2D eigenvalue weighted by Crippen LogP contribution is -2.30. The van der Waals surface area contributed by atoms with Gasteiger partial charge in [-0.15, -0.1) is 0 Å². The first kappa shape index (κ1) is 19.7. The first-order valence-corrected chi connectivity index (χ1v) is 9.49. The summed E-state index contributed by atoms with van der Waals surface area (Å²) in [7, 11) is 1.47. The predicted molar refractivity (Wildman–Crippen MR) is 111 cm³/mol. The number of benzene rings is 2. The van der Waals surface area contributed by atoms with Crippen molar-refractivity contribution in [3.63, 3.8) is 0 Å². The number of methoxy groups -OCH3 is 1. The number of imide groups is 1. The Morgan fingerprint density at radius 1 is 1.18 bits per heavy atom. The van der Waals surface area contributed by atoms with Gasteiger partial charge < -0.3 is 9.84 Å². The minimum absolute atomic E-state index is 0.000878. The number of hydrogen-bond donors (Lipinski definition) is 1. The van der Waals surface area contributed by atoms with E-state index in [4.69, 9.17) is 4.74 Å². The number of ether oxygens (including phenoxy) is 1. The van der Waals surface area contributed by atoms with Crippen LogP contribution in [0.15, 0.2) is 52.4 Å². The summed E-state index contributed by atoms with van der Waals surface area (Å²) in [6.45, 7) is 2.41. The molecule has 0 atom stereocenters. The Labute approximate surface area is 167 Å². The van der Waals surface area contributed by atoms with Crippen LogP contribution in [-0.2, 0) is 4.79 Å². The lowest BCUT2D eigenvalue weighted by Gasteiger charge is -2.10. The van der Waals surface area contributed by atoms with Crippen LogP contribution >= 0.6 is 11.8 Å². The standard InChI is InChI=1S/C21H20N2O4S/c1-14-6-8-15(9-7-14)12-18-20(25)23(21(26)28-18)11-10-22-13-16-4-3-5-17(27-2)19(16)24/h3-9,12-13,24H,10-11H2,1-2H3/b18-12-,22-13?. The Morgan fingerprint density at radius 2 is 1.93 bits per heavy atom. The third-order valence-electron chi connectivity index (χ3n) is 4.18. The maximum atomic E-state index is 12.5. The van der Waals surface area contributed by atoms with Gasteiger partial charge in [0.15, 0.2) is 11.5 Å². The molecule has 3 rings (SSSR count). The van der Waals surface area contributed by atoms with Crippen molar-refractivity contribution in [1.82, 2.24) is 4.90 Å². The third-order valence-corrected chi connectivity index (χ3v) is 5.09. The second kappa shape index (κ2) is 8.75. The van der Waals surface area contributed by atoms with Crippen LogP contribution in [0, 0.1) is 6.92 Å². The van der Waals surface area contributed by atoms with Gasteiger partial charge in [-0.3, -0.25) is 19.5 Å². The number of aliphatic imine (C=N–C) groups is 1. The van der Waals surface area contributed by atoms with Crippen molar-refractivity contribution in [2.24, 2.45) is 4.99 Å². The molecule has 6 nitrogen and oxygen atoms in total. The molecule has 1 fully saturated rings. The minimum Gasteiger partial charge on any atom is -0.504 e. The largest absolute Gasteiger partial charge is 0.504 e. The number of amides is 2. The number of hydrogen-bond acceptors (Lipinski definition) is 6. The van der Waals surface area contributed by atoms with Crippen molar-refractivity contribution in [3.05, 3.63) is 64.1 Å². The van der Waals surface area contributed by atoms with Crippen molar-refractivity contribution < 1.29 is 19.4 Å². The number of para-hydroxylation sites is 1. The van der Waals surface area contributed by atoms with E-state index in [0.29, 0.717) is 16.2 Å². The molecular formula is C21H20N2O4S. The van der Waals surface area contributed by atoms with Crippen LogP contribution < -0.4 is 4.74 Å². The van der Waals surface area contributed by atoms with E-state index in [1.54, 1.807) is 24.3 Å². The molecule has 0 unspecified atom stereocenters. The van der Waals surface area contributed by atoms with Gasteiger partial charge in [0.2, 0.25) is 0 Å². The molecule has 1 aliphatic heterocycles. The summed E-state index contributed by atoms with van der Waals surface area (Å²) in [5.41, 5.74) is 2.51. The Kier molecular flexibility index (Phi) is 6.16. The number of rotatable bonds is 6. The molecule has 0 radical (unpaired) electrons. The molecule has 1 heterocycles. The van der Waals surface area contributed by atoms with Crippen molar-refractivity contribution >= 4 is 35.2 Å². The zero-order chi connectivity index (χ0) is 20.1. The van der Waals surface area contributed by atoms with Gasteiger partial charge in [0, 0.05) is 18.3 Å². The molecule has 2 amide bonds. The monoisotopic (exact) mass is 396 g/mol. The average molecular weight is 396 g/mol. The van der Waals surface area contributed by atoms with Gasteiger partial charge >= 0.3 is 0 Å². The van der Waals surface area contributed by atoms with E-state index in [0.717, 1.165) is 22.9 Å². The smallest absolute Gasteiger partial charge is 0.293 e. The van der Waals surface area contributed by atoms with E-state index in [1.807, 2.05) is 31.2 Å². The van der Waals surface area contributed by atoms with E-state index in [-0.39, 0.29) is 30.0 Å². The molecule has 2 aromatic rings. The highest BCUT2D eigenvalue weighted by Gasteiger charge is 2.34. The van der Waals surface area contributed by atoms with Crippen LogP contribution in [0.4, 0.5) is 4.79 Å². The van der Waals surface area contributed by atoms with Crippen molar-refractivity contribution in [2.75, 3.05) is 20.2 Å². The fourth-order valence-electron chi connectivity index (χ4n) is 2.64. The molecule has 2 aromatic carbocycles. The maximum absolute atomic E-state index is 12.5. The second-order valence-corrected chi connectivity index (χ2v) is 7.17. The number of phenolic OH excluding ortho intramolecular Hbond substituents is 1. The summed E-state index contributed by atoms with van der Waals surface area (Å²) in [6, 6.07) is 12.8. The van der Waals surface area contributed by atoms with Crippen LogP contribution in [-0.4, -0.2) is 47.6 Å². The van der Waals surface area contributed by atoms with Crippen molar-refractivity contribution in [2.45, 2.75) is 6.92 Å². The number of aromatic hydroxyl groups is 1. The Hall–Kier alpha value is -3.06. The average Bonchev–Trinajstić information content (AvgIpc) is 2.95. The minimum atomic E-state index is -0.310. The number of aryl methyl sites for hydroxylation is 1. The maximum Gasteiger partial charge on any atom is 0.293 e. The molecule has 1 N–H and O–H groups in total. The van der Waals surface area contributed by atoms with Gasteiger partial charge in [-0.25, -0.2) is 0 Å². The van der Waals surface area contributed by atoms with Gasteiger partial charge in [0.1, 0.15) is 0 Å². The SMILES string of the molecule is COc1cccc(C=NCCN2C(=O)S/C(=C\c3ccc(C)cc3)C2=O)c1O. The first-order chi connectivity index (χ1) is 13.5. The number of carbonyl (C=O) groups excluding carboxylic acids is 2. The summed E-state index contributed by atoms with van der Waals surface area (Å²) in [5, 5.41) is 9.73. The fraction of sp³-hybridized carbons (Fsp3) is 0.190. The predicted octanol–water partition coefficient (Wildman–Crippen LogP) is 3.86. The van der Waals surface area contributed by atoms with Crippen LogP contribution in [0.2, 0.25) is 0 Å². The lowest BCUT2D eigenvalue weighted by atomic mass is 10.1. The molecule has 1 aliphatic rings. The molecule has 0 aliphatic carbocycles. The van der Waals surface area contributed by atoms with E-state index < -0.39 is 0 Å². The highest BCUT2D eigenvalue weighted by Crippen LogP contribution is 2.32. The van der Waals surface area contributed by atoms with E-state index in [2.05, 4.69) is 4.99 Å². The van der Waals surface area contributed by atoms with Crippen molar-refractivity contribution in [3.8, 4) is 11.5 Å². The van der Waals surface area contributed by atoms with Crippen LogP contribution in [0.5, 0.6) is 11.5 Å². The summed E-state index contributed by atoms with van der Waals surface area (Å²) < 4.78 is 5.05. The molecule has 0 spiro atoms. The highest BCUT2D eigenvalue weighted by atomic mass is 32.2. The molecule has 7 heteroatoms. The van der Waals surface area contributed by atoms with E-state index in [1.165, 1.54) is 18.2 Å². The van der Waals surface area contributed by atoms with E-state index >= 15 is 0 Å². The second-order valence-electron chi connectivity index (χ2n) is 6.18. The Balaban J connectivity index is 1.63. The number of carbonyl (C=O) groups is 2. The first-order valence-electron chi connectivity index (χ1n) is 8.67. The summed E-state index contributed by atoms with van der Waals surface area (Å²) in [6.07, 6.45) is 3.22. The van der Waals surface area contributed by atoms with Crippen LogP contribution in [0.3, 0.4) is 0 Å². The zero-order valence-electron chi connectivity index (χ0n) is 15.6. The number of thioether (sulfide) groups is 1. The number of phenols is 1. The van der Waals surface area contributed by atoms with Gasteiger partial charge in [-0.1, -0.05) is 35.9 Å². The van der Waals surface area contributed by atoms with Gasteiger partial charge in [-0.2, -0.15) is 0 Å². The zero-order valence-corrected chi connectivity index (χ0v) is 16.4. The molecule has 0 bridgehead atoms. The Bertz CT molecular complexity index is 951. The van der Waals surface area contributed by atoms with Crippen LogP contribution in [0.25, 0.3) is 6.08 Å². The van der Waals surface area contributed by atoms with Gasteiger partial charge in [0.05, 0.1) is 18.6 Å². The Morgan fingerprint density at radius 3 is 2.64 bits per heavy atom. The molecule has 28 heavy (non-hydrogen) atoms. The molecular weight excluding hydrogens is 376 g/mol. The molecule has 1 saturated heterocycles. The van der Waals surface area contributed by atoms with Crippen LogP contribution in [0.1, 0.15) is 16.7 Å². The molecule has 144 valence electrons. The van der Waals surface area contributed by atoms with Gasteiger partial charge in [0.25, 0.3) is 11.1 Å². The number of nitrogens with zero attached hydrogens (tertiary/aromatic N) is 2. The third kappa shape index (κ3) is 4.43. The normalized spacial score (nSPS) is 15.8. The van der Waals surface area contributed by atoms with Gasteiger partial charge in [-0.05, 0) is 42.5 Å². The molecule has 0 saturated carbocycles. The quantitative estimate of drug-likeness (QED) is 0.592. The molecule has 0 aromatic heterocycles. The van der Waals surface area contributed by atoms with E-state index in [9.17, 15) is 14.7 Å². The van der Waals surface area contributed by atoms with Crippen molar-refractivity contribution in [1.29, 1.82) is 0 Å². The lowest BCUT2D eigenvalue weighted by molar-refractivity contribution is -0.122. The summed E-state index contributed by atoms with van der Waals surface area (Å²) in [4.78, 5) is 30.5.